The van der Waals surface area contributed by atoms with E-state index in [2.05, 4.69) is 17.1 Å². The van der Waals surface area contributed by atoms with Crippen molar-refractivity contribution in [3.63, 3.8) is 0 Å². The Morgan fingerprint density at radius 1 is 1.22 bits per heavy atom. The number of nitrogens with zero attached hydrogens (tertiary/aromatic N) is 5. The summed E-state index contributed by atoms with van der Waals surface area (Å²) in [5.74, 6) is -0.105. The summed E-state index contributed by atoms with van der Waals surface area (Å²) in [6.07, 6.45) is 3.29. The molecule has 0 unspecified atom stereocenters. The summed E-state index contributed by atoms with van der Waals surface area (Å²) in [5, 5.41) is 0. The number of aromatic nitrogens is 4. The fourth-order valence-corrected chi connectivity index (χ4v) is 3.88. The zero-order valence-corrected chi connectivity index (χ0v) is 15.5. The van der Waals surface area contributed by atoms with E-state index >= 15 is 0 Å². The van der Waals surface area contributed by atoms with Crippen LogP contribution in [0.4, 0.5) is 0 Å². The SMILES string of the molecule is CN(C(=O)Cn1cnc2c1c(=O)n(C)c(=O)n2C)[C@@H]1CCc2ccccc21. The lowest BCUT2D eigenvalue weighted by atomic mass is 10.1. The number of likely N-dealkylation sites (N-methyl/N-ethyl adjacent to an activating group) is 1. The minimum atomic E-state index is -0.452. The van der Waals surface area contributed by atoms with Crippen LogP contribution in [0, 0.1) is 0 Å². The summed E-state index contributed by atoms with van der Waals surface area (Å²) in [6.45, 7) is -0.000882. The first-order valence-corrected chi connectivity index (χ1v) is 8.84. The van der Waals surface area contributed by atoms with Crippen molar-refractivity contribution in [1.82, 2.24) is 23.6 Å². The molecule has 8 heteroatoms. The van der Waals surface area contributed by atoms with Crippen LogP contribution in [0.15, 0.2) is 40.2 Å². The Morgan fingerprint density at radius 3 is 2.74 bits per heavy atom. The molecule has 0 saturated heterocycles. The maximum absolute atomic E-state index is 12.9. The van der Waals surface area contributed by atoms with E-state index in [1.165, 1.54) is 33.6 Å². The van der Waals surface area contributed by atoms with Crippen LogP contribution >= 0.6 is 0 Å². The molecule has 4 rings (SSSR count). The fraction of sp³-hybridized carbons (Fsp3) is 0.368. The van der Waals surface area contributed by atoms with Gasteiger partial charge < -0.3 is 9.47 Å². The standard InChI is InChI=1S/C19H21N5O3/c1-21(14-9-8-12-6-4-5-7-13(12)14)15(25)10-24-11-20-17-16(24)18(26)23(3)19(27)22(17)2/h4-7,11,14H,8-10H2,1-3H3/t14-/m1/s1. The number of carbonyl (C=O) groups excluding carboxylic acids is 1. The first-order valence-electron chi connectivity index (χ1n) is 8.84. The molecule has 0 radical (unpaired) electrons. The van der Waals surface area contributed by atoms with Gasteiger partial charge in [0.15, 0.2) is 11.2 Å². The van der Waals surface area contributed by atoms with Crippen LogP contribution in [0.1, 0.15) is 23.6 Å². The van der Waals surface area contributed by atoms with E-state index in [4.69, 9.17) is 0 Å². The highest BCUT2D eigenvalue weighted by Gasteiger charge is 2.28. The summed E-state index contributed by atoms with van der Waals surface area (Å²) >= 11 is 0. The number of carbonyl (C=O) groups is 1. The van der Waals surface area contributed by atoms with Crippen LogP contribution in [-0.2, 0) is 31.9 Å². The minimum Gasteiger partial charge on any atom is -0.337 e. The molecule has 2 heterocycles. The molecule has 0 aliphatic heterocycles. The van der Waals surface area contributed by atoms with Crippen LogP contribution in [0.2, 0.25) is 0 Å². The molecule has 1 atom stereocenters. The van der Waals surface area contributed by atoms with Gasteiger partial charge in [-0.3, -0.25) is 18.7 Å². The normalized spacial score (nSPS) is 15.9. The molecule has 2 aromatic heterocycles. The molecule has 1 aromatic carbocycles. The van der Waals surface area contributed by atoms with Gasteiger partial charge in [-0.15, -0.1) is 0 Å². The predicted molar refractivity (Wildman–Crippen MR) is 100 cm³/mol. The van der Waals surface area contributed by atoms with Gasteiger partial charge in [0.2, 0.25) is 5.91 Å². The summed E-state index contributed by atoms with van der Waals surface area (Å²) in [6, 6.07) is 8.20. The molecule has 1 aliphatic rings. The van der Waals surface area contributed by atoms with E-state index < -0.39 is 11.2 Å². The first kappa shape index (κ1) is 17.3. The highest BCUT2D eigenvalue weighted by Crippen LogP contribution is 2.34. The average Bonchev–Trinajstić information content (AvgIpc) is 3.28. The smallest absolute Gasteiger partial charge is 0.332 e. The van der Waals surface area contributed by atoms with Gasteiger partial charge in [-0.1, -0.05) is 24.3 Å². The van der Waals surface area contributed by atoms with Gasteiger partial charge in [-0.05, 0) is 24.0 Å². The molecule has 1 aliphatic carbocycles. The van der Waals surface area contributed by atoms with Crippen molar-refractivity contribution in [2.45, 2.75) is 25.4 Å². The molecule has 1 amide bonds. The Balaban J connectivity index is 1.66. The molecular weight excluding hydrogens is 346 g/mol. The highest BCUT2D eigenvalue weighted by atomic mass is 16.2. The minimum absolute atomic E-state index is 0.000882. The number of benzene rings is 1. The Morgan fingerprint density at radius 2 is 1.96 bits per heavy atom. The predicted octanol–water partition coefficient (Wildman–Crippen LogP) is 0.580. The van der Waals surface area contributed by atoms with Crippen LogP contribution < -0.4 is 11.2 Å². The Labute approximate surface area is 155 Å². The zero-order valence-electron chi connectivity index (χ0n) is 15.5. The molecule has 140 valence electrons. The van der Waals surface area contributed by atoms with Crippen LogP contribution in [0.25, 0.3) is 11.2 Å². The van der Waals surface area contributed by atoms with Crippen molar-refractivity contribution >= 4 is 17.1 Å². The topological polar surface area (TPSA) is 82.1 Å². The molecule has 27 heavy (non-hydrogen) atoms. The van der Waals surface area contributed by atoms with Gasteiger partial charge in [0, 0.05) is 21.1 Å². The van der Waals surface area contributed by atoms with Crippen LogP contribution in [-0.4, -0.2) is 36.5 Å². The number of amides is 1. The average molecular weight is 367 g/mol. The van der Waals surface area contributed by atoms with Gasteiger partial charge in [-0.2, -0.15) is 0 Å². The van der Waals surface area contributed by atoms with E-state index in [0.29, 0.717) is 0 Å². The van der Waals surface area contributed by atoms with E-state index in [1.54, 1.807) is 19.0 Å². The zero-order chi connectivity index (χ0) is 19.3. The summed E-state index contributed by atoms with van der Waals surface area (Å²) < 4.78 is 3.87. The number of fused-ring (bicyclic) bond motifs is 2. The van der Waals surface area contributed by atoms with Crippen molar-refractivity contribution < 1.29 is 4.79 Å². The first-order chi connectivity index (χ1) is 12.9. The van der Waals surface area contributed by atoms with Crippen molar-refractivity contribution in [3.8, 4) is 0 Å². The van der Waals surface area contributed by atoms with E-state index in [0.717, 1.165) is 17.4 Å². The van der Waals surface area contributed by atoms with Crippen molar-refractivity contribution in [2.24, 2.45) is 14.1 Å². The number of imidazole rings is 1. The lowest BCUT2D eigenvalue weighted by Gasteiger charge is -2.25. The summed E-state index contributed by atoms with van der Waals surface area (Å²) in [7, 11) is 4.78. The lowest BCUT2D eigenvalue weighted by molar-refractivity contribution is -0.132. The van der Waals surface area contributed by atoms with Gasteiger partial charge in [-0.25, -0.2) is 9.78 Å². The van der Waals surface area contributed by atoms with E-state index in [-0.39, 0.29) is 29.7 Å². The Bertz CT molecular complexity index is 1170. The molecular formula is C19H21N5O3. The van der Waals surface area contributed by atoms with Gasteiger partial charge >= 0.3 is 5.69 Å². The second kappa shape index (κ2) is 6.22. The molecule has 0 spiro atoms. The molecule has 0 N–H and O–H groups in total. The van der Waals surface area contributed by atoms with E-state index in [9.17, 15) is 14.4 Å². The van der Waals surface area contributed by atoms with Crippen LogP contribution in [0.3, 0.4) is 0 Å². The highest BCUT2D eigenvalue weighted by molar-refractivity contribution is 5.79. The van der Waals surface area contributed by atoms with Gasteiger partial charge in [0.05, 0.1) is 12.4 Å². The number of rotatable bonds is 3. The Hall–Kier alpha value is -3.16. The summed E-state index contributed by atoms with van der Waals surface area (Å²) in [4.78, 5) is 43.4. The second-order valence-electron chi connectivity index (χ2n) is 7.01. The molecule has 8 nitrogen and oxygen atoms in total. The molecule has 3 aromatic rings. The van der Waals surface area contributed by atoms with E-state index in [1.807, 2.05) is 12.1 Å². The monoisotopic (exact) mass is 367 g/mol. The van der Waals surface area contributed by atoms with Crippen molar-refractivity contribution in [3.05, 3.63) is 62.6 Å². The molecule has 0 fully saturated rings. The van der Waals surface area contributed by atoms with Crippen LogP contribution in [0.5, 0.6) is 0 Å². The molecule has 0 bridgehead atoms. The van der Waals surface area contributed by atoms with Gasteiger partial charge in [0.1, 0.15) is 6.54 Å². The quantitative estimate of drug-likeness (QED) is 0.678. The third-order valence-corrected chi connectivity index (χ3v) is 5.48. The molecule has 0 saturated carbocycles. The van der Waals surface area contributed by atoms with Crippen molar-refractivity contribution in [1.29, 1.82) is 0 Å². The lowest BCUT2D eigenvalue weighted by Crippen LogP contribution is -2.38. The summed E-state index contributed by atoms with van der Waals surface area (Å²) in [5.41, 5.74) is 2.11. The fourth-order valence-electron chi connectivity index (χ4n) is 3.88. The third-order valence-electron chi connectivity index (χ3n) is 5.48. The maximum atomic E-state index is 12.9. The maximum Gasteiger partial charge on any atom is 0.332 e. The number of aryl methyl sites for hydroxylation is 2. The van der Waals surface area contributed by atoms with Crippen molar-refractivity contribution in [2.75, 3.05) is 7.05 Å². The third kappa shape index (κ3) is 2.59. The number of hydrogen-bond acceptors (Lipinski definition) is 4. The second-order valence-corrected chi connectivity index (χ2v) is 7.01. The Kier molecular flexibility index (Phi) is 3.98. The number of hydrogen-bond donors (Lipinski definition) is 0. The van der Waals surface area contributed by atoms with Gasteiger partial charge in [0.25, 0.3) is 5.56 Å². The largest absolute Gasteiger partial charge is 0.337 e.